The van der Waals surface area contributed by atoms with Crippen molar-refractivity contribution in [1.82, 2.24) is 10.2 Å². The normalized spacial score (nSPS) is 15.8. The van der Waals surface area contributed by atoms with E-state index in [2.05, 4.69) is 24.1 Å². The Morgan fingerprint density at radius 1 is 1.29 bits per heavy atom. The molecule has 1 amide bonds. The van der Waals surface area contributed by atoms with Crippen LogP contribution in [0.25, 0.3) is 0 Å². The van der Waals surface area contributed by atoms with Crippen LogP contribution in [0, 0.1) is 0 Å². The van der Waals surface area contributed by atoms with Crippen LogP contribution in [0.2, 0.25) is 0 Å². The van der Waals surface area contributed by atoms with Gasteiger partial charge in [0.15, 0.2) is 12.4 Å². The first-order valence-electron chi connectivity index (χ1n) is 8.22. The number of carbonyl (C=O) groups excluding carboxylic acids is 2. The highest BCUT2D eigenvalue weighted by Crippen LogP contribution is 2.15. The van der Waals surface area contributed by atoms with Crippen molar-refractivity contribution >= 4 is 11.7 Å². The highest BCUT2D eigenvalue weighted by atomic mass is 16.5. The molecule has 1 aromatic rings. The number of nitrogens with zero attached hydrogens (tertiary/aromatic N) is 1. The number of hydrogen-bond donors (Lipinski definition) is 1. The zero-order valence-electron chi connectivity index (χ0n) is 14.6. The number of morpholine rings is 1. The Morgan fingerprint density at radius 2 is 2.00 bits per heavy atom. The maximum absolute atomic E-state index is 12.0. The predicted molar refractivity (Wildman–Crippen MR) is 91.4 cm³/mol. The van der Waals surface area contributed by atoms with Crippen LogP contribution < -0.4 is 10.1 Å². The van der Waals surface area contributed by atoms with Crippen LogP contribution in [-0.2, 0) is 9.53 Å². The third-order valence-corrected chi connectivity index (χ3v) is 4.20. The van der Waals surface area contributed by atoms with E-state index in [9.17, 15) is 9.59 Å². The van der Waals surface area contributed by atoms with E-state index in [1.165, 1.54) is 6.92 Å². The molecule has 132 valence electrons. The molecule has 0 aromatic heterocycles. The van der Waals surface area contributed by atoms with Crippen LogP contribution in [0.15, 0.2) is 24.3 Å². The van der Waals surface area contributed by atoms with Crippen molar-refractivity contribution < 1.29 is 19.1 Å². The fraction of sp³-hybridized carbons (Fsp3) is 0.556. The molecule has 24 heavy (non-hydrogen) atoms. The molecule has 1 heterocycles. The van der Waals surface area contributed by atoms with E-state index in [1.54, 1.807) is 24.3 Å². The lowest BCUT2D eigenvalue weighted by Gasteiger charge is -2.40. The van der Waals surface area contributed by atoms with Crippen LogP contribution in [0.3, 0.4) is 0 Å². The number of hydrogen-bond acceptors (Lipinski definition) is 5. The molecule has 1 aliphatic rings. The largest absolute Gasteiger partial charge is 0.484 e. The highest BCUT2D eigenvalue weighted by molar-refractivity contribution is 5.94. The lowest BCUT2D eigenvalue weighted by molar-refractivity contribution is -0.123. The Hall–Kier alpha value is -1.92. The minimum atomic E-state index is -0.176. The molecule has 0 aliphatic carbocycles. The van der Waals surface area contributed by atoms with Crippen molar-refractivity contribution in [2.24, 2.45) is 0 Å². The molecule has 0 spiro atoms. The molecule has 0 unspecified atom stereocenters. The SMILES string of the molecule is CC(=O)c1cccc(OCC(=O)NCC(C)(C)N2CCOCC2)c1. The summed E-state index contributed by atoms with van der Waals surface area (Å²) in [5.74, 6) is 0.312. The van der Waals surface area contributed by atoms with Gasteiger partial charge in [0.05, 0.1) is 13.2 Å². The molecule has 1 fully saturated rings. The second-order valence-corrected chi connectivity index (χ2v) is 6.56. The number of benzene rings is 1. The molecule has 0 atom stereocenters. The fourth-order valence-corrected chi connectivity index (χ4v) is 2.60. The average Bonchev–Trinajstić information content (AvgIpc) is 2.59. The lowest BCUT2D eigenvalue weighted by Crippen LogP contribution is -2.55. The Labute approximate surface area is 143 Å². The van der Waals surface area contributed by atoms with Crippen molar-refractivity contribution in [3.63, 3.8) is 0 Å². The van der Waals surface area contributed by atoms with E-state index in [0.717, 1.165) is 26.3 Å². The van der Waals surface area contributed by atoms with Gasteiger partial charge < -0.3 is 14.8 Å². The van der Waals surface area contributed by atoms with Crippen LogP contribution in [0.5, 0.6) is 5.75 Å². The summed E-state index contributed by atoms with van der Waals surface area (Å²) in [6, 6.07) is 6.84. The molecule has 0 bridgehead atoms. The first-order chi connectivity index (χ1) is 11.4. The number of amides is 1. The molecule has 0 radical (unpaired) electrons. The van der Waals surface area contributed by atoms with E-state index in [-0.39, 0.29) is 23.8 Å². The fourth-order valence-electron chi connectivity index (χ4n) is 2.60. The molecule has 1 aromatic carbocycles. The van der Waals surface area contributed by atoms with Crippen LogP contribution >= 0.6 is 0 Å². The second-order valence-electron chi connectivity index (χ2n) is 6.56. The zero-order valence-corrected chi connectivity index (χ0v) is 14.6. The van der Waals surface area contributed by atoms with Gasteiger partial charge in [-0.15, -0.1) is 0 Å². The Morgan fingerprint density at radius 3 is 2.67 bits per heavy atom. The molecule has 1 N–H and O–H groups in total. The number of Topliss-reactive ketones (excluding diaryl/α,β-unsaturated/α-hetero) is 1. The zero-order chi connectivity index (χ0) is 17.6. The maximum atomic E-state index is 12.0. The van der Waals surface area contributed by atoms with E-state index in [0.29, 0.717) is 17.9 Å². The third-order valence-electron chi connectivity index (χ3n) is 4.20. The minimum absolute atomic E-state index is 0.0304. The molecule has 6 nitrogen and oxygen atoms in total. The molecule has 2 rings (SSSR count). The average molecular weight is 334 g/mol. The monoisotopic (exact) mass is 334 g/mol. The van der Waals surface area contributed by atoms with Crippen molar-refractivity contribution in [2.75, 3.05) is 39.5 Å². The molecular weight excluding hydrogens is 308 g/mol. The summed E-state index contributed by atoms with van der Waals surface area (Å²) in [6.07, 6.45) is 0. The predicted octanol–water partition coefficient (Wildman–Crippen LogP) is 1.49. The summed E-state index contributed by atoms with van der Waals surface area (Å²) in [4.78, 5) is 25.7. The molecular formula is C18H26N2O4. The van der Waals surface area contributed by atoms with Gasteiger partial charge in [-0.25, -0.2) is 0 Å². The maximum Gasteiger partial charge on any atom is 0.258 e. The van der Waals surface area contributed by atoms with E-state index in [1.807, 2.05) is 0 Å². The second kappa shape index (κ2) is 8.26. The van der Waals surface area contributed by atoms with Gasteiger partial charge in [0.2, 0.25) is 0 Å². The minimum Gasteiger partial charge on any atom is -0.484 e. The van der Waals surface area contributed by atoms with E-state index < -0.39 is 0 Å². The number of rotatable bonds is 7. The topological polar surface area (TPSA) is 67.9 Å². The van der Waals surface area contributed by atoms with Gasteiger partial charge in [0.1, 0.15) is 5.75 Å². The smallest absolute Gasteiger partial charge is 0.258 e. The summed E-state index contributed by atoms with van der Waals surface area (Å²) < 4.78 is 10.8. The number of nitrogens with one attached hydrogen (secondary N) is 1. The first-order valence-corrected chi connectivity index (χ1v) is 8.22. The number of ketones is 1. The first kappa shape index (κ1) is 18.4. The summed E-state index contributed by atoms with van der Waals surface area (Å²) in [5.41, 5.74) is 0.440. The van der Waals surface area contributed by atoms with Crippen molar-refractivity contribution in [1.29, 1.82) is 0 Å². The summed E-state index contributed by atoms with van der Waals surface area (Å²) in [6.45, 7) is 9.39. The van der Waals surface area contributed by atoms with Gasteiger partial charge in [-0.1, -0.05) is 12.1 Å². The van der Waals surface area contributed by atoms with Crippen LogP contribution in [0.4, 0.5) is 0 Å². The lowest BCUT2D eigenvalue weighted by atomic mass is 10.0. The van der Waals surface area contributed by atoms with Gasteiger partial charge in [-0.2, -0.15) is 0 Å². The molecule has 0 saturated carbocycles. The van der Waals surface area contributed by atoms with Gasteiger partial charge in [0, 0.05) is 30.7 Å². The Balaban J connectivity index is 1.78. The highest BCUT2D eigenvalue weighted by Gasteiger charge is 2.28. The van der Waals surface area contributed by atoms with E-state index in [4.69, 9.17) is 9.47 Å². The molecule has 1 saturated heterocycles. The van der Waals surface area contributed by atoms with Crippen molar-refractivity contribution in [3.8, 4) is 5.75 Å². The van der Waals surface area contributed by atoms with Gasteiger partial charge in [-0.05, 0) is 32.9 Å². The van der Waals surface area contributed by atoms with Crippen LogP contribution in [0.1, 0.15) is 31.1 Å². The number of ether oxygens (including phenoxy) is 2. The van der Waals surface area contributed by atoms with Crippen molar-refractivity contribution in [2.45, 2.75) is 26.3 Å². The summed E-state index contributed by atoms with van der Waals surface area (Å²) in [7, 11) is 0. The van der Waals surface area contributed by atoms with Gasteiger partial charge in [-0.3, -0.25) is 14.5 Å². The van der Waals surface area contributed by atoms with Crippen LogP contribution in [-0.4, -0.2) is 61.6 Å². The van der Waals surface area contributed by atoms with Crippen molar-refractivity contribution in [3.05, 3.63) is 29.8 Å². The quantitative estimate of drug-likeness (QED) is 0.765. The number of carbonyl (C=O) groups is 2. The summed E-state index contributed by atoms with van der Waals surface area (Å²) >= 11 is 0. The summed E-state index contributed by atoms with van der Waals surface area (Å²) in [5, 5.41) is 2.91. The molecule has 6 heteroatoms. The molecule has 1 aliphatic heterocycles. The Bertz CT molecular complexity index is 580. The van der Waals surface area contributed by atoms with Gasteiger partial charge >= 0.3 is 0 Å². The standard InChI is InChI=1S/C18H26N2O4/c1-14(21)15-5-4-6-16(11-15)24-12-17(22)19-13-18(2,3)20-7-9-23-10-8-20/h4-6,11H,7-10,12-13H2,1-3H3,(H,19,22). The third kappa shape index (κ3) is 5.32. The Kier molecular flexibility index (Phi) is 6.34. The van der Waals surface area contributed by atoms with Gasteiger partial charge in [0.25, 0.3) is 5.91 Å². The van der Waals surface area contributed by atoms with E-state index >= 15 is 0 Å².